The SMILES string of the molecule is CCC(O)(CC)COc1ccc(CNCC(C)C)cc1Br. The summed E-state index contributed by atoms with van der Waals surface area (Å²) in [6.45, 7) is 10.5. The largest absolute Gasteiger partial charge is 0.489 e. The highest BCUT2D eigenvalue weighted by Gasteiger charge is 2.23. The molecule has 0 amide bonds. The number of aliphatic hydroxyl groups is 1. The van der Waals surface area contributed by atoms with Gasteiger partial charge >= 0.3 is 0 Å². The van der Waals surface area contributed by atoms with Crippen molar-refractivity contribution in [2.45, 2.75) is 52.7 Å². The molecule has 1 aromatic carbocycles. The van der Waals surface area contributed by atoms with Crippen LogP contribution in [-0.4, -0.2) is 23.9 Å². The lowest BCUT2D eigenvalue weighted by Crippen LogP contribution is -2.34. The molecule has 0 bridgehead atoms. The van der Waals surface area contributed by atoms with Crippen molar-refractivity contribution in [1.82, 2.24) is 5.32 Å². The van der Waals surface area contributed by atoms with E-state index in [2.05, 4.69) is 47.2 Å². The van der Waals surface area contributed by atoms with Gasteiger partial charge in [-0.15, -0.1) is 0 Å². The summed E-state index contributed by atoms with van der Waals surface area (Å²) in [5, 5.41) is 13.7. The number of halogens is 1. The van der Waals surface area contributed by atoms with Crippen molar-refractivity contribution in [3.05, 3.63) is 28.2 Å². The topological polar surface area (TPSA) is 41.5 Å². The van der Waals surface area contributed by atoms with E-state index in [1.54, 1.807) is 0 Å². The van der Waals surface area contributed by atoms with Gasteiger partial charge in [0.1, 0.15) is 12.4 Å². The summed E-state index contributed by atoms with van der Waals surface area (Å²) < 4.78 is 6.70. The zero-order valence-electron chi connectivity index (χ0n) is 13.6. The molecule has 0 atom stereocenters. The molecule has 4 heteroatoms. The van der Waals surface area contributed by atoms with E-state index in [0.717, 1.165) is 23.3 Å². The average Bonchev–Trinajstić information content (AvgIpc) is 2.45. The summed E-state index contributed by atoms with van der Waals surface area (Å²) in [4.78, 5) is 0. The van der Waals surface area contributed by atoms with Crippen molar-refractivity contribution in [3.8, 4) is 5.75 Å². The number of benzene rings is 1. The van der Waals surface area contributed by atoms with E-state index in [1.165, 1.54) is 5.56 Å². The van der Waals surface area contributed by atoms with Crippen LogP contribution >= 0.6 is 15.9 Å². The molecule has 0 spiro atoms. The Bertz CT molecular complexity index is 431. The van der Waals surface area contributed by atoms with Gasteiger partial charge < -0.3 is 15.2 Å². The average molecular weight is 358 g/mol. The third-order valence-electron chi connectivity index (χ3n) is 3.69. The van der Waals surface area contributed by atoms with Crippen molar-refractivity contribution in [3.63, 3.8) is 0 Å². The molecular formula is C17H28BrNO2. The maximum atomic E-state index is 10.3. The first-order valence-corrected chi connectivity index (χ1v) is 8.53. The Labute approximate surface area is 137 Å². The molecule has 3 nitrogen and oxygen atoms in total. The molecule has 2 N–H and O–H groups in total. The van der Waals surface area contributed by atoms with E-state index in [-0.39, 0.29) is 0 Å². The van der Waals surface area contributed by atoms with Crippen LogP contribution in [0.25, 0.3) is 0 Å². The van der Waals surface area contributed by atoms with Crippen LogP contribution in [0.4, 0.5) is 0 Å². The predicted molar refractivity (Wildman–Crippen MR) is 91.7 cm³/mol. The molecule has 0 aliphatic heterocycles. The van der Waals surface area contributed by atoms with Gasteiger partial charge in [0.25, 0.3) is 0 Å². The summed E-state index contributed by atoms with van der Waals surface area (Å²) in [7, 11) is 0. The van der Waals surface area contributed by atoms with Crippen LogP contribution in [0.1, 0.15) is 46.1 Å². The van der Waals surface area contributed by atoms with Gasteiger partial charge in [-0.25, -0.2) is 0 Å². The standard InChI is InChI=1S/C17H28BrNO2/c1-5-17(20,6-2)12-21-16-8-7-14(9-15(16)18)11-19-10-13(3)4/h7-9,13,19-20H,5-6,10-12H2,1-4H3. The van der Waals surface area contributed by atoms with Crippen LogP contribution in [0.3, 0.4) is 0 Å². The fourth-order valence-electron chi connectivity index (χ4n) is 1.94. The Morgan fingerprint density at radius 3 is 2.48 bits per heavy atom. The minimum absolute atomic E-state index is 0.323. The van der Waals surface area contributed by atoms with E-state index < -0.39 is 5.60 Å². The molecular weight excluding hydrogens is 330 g/mol. The first-order chi connectivity index (χ1) is 9.90. The Morgan fingerprint density at radius 1 is 1.29 bits per heavy atom. The second-order valence-corrected chi connectivity index (χ2v) is 6.86. The van der Waals surface area contributed by atoms with E-state index in [1.807, 2.05) is 19.9 Å². The Balaban J connectivity index is 2.58. The zero-order chi connectivity index (χ0) is 15.9. The summed E-state index contributed by atoms with van der Waals surface area (Å²) in [6, 6.07) is 6.09. The van der Waals surface area contributed by atoms with Crippen molar-refractivity contribution in [1.29, 1.82) is 0 Å². The van der Waals surface area contributed by atoms with Crippen LogP contribution in [0, 0.1) is 5.92 Å². The molecule has 0 heterocycles. The van der Waals surface area contributed by atoms with E-state index >= 15 is 0 Å². The highest BCUT2D eigenvalue weighted by molar-refractivity contribution is 9.10. The van der Waals surface area contributed by atoms with E-state index in [0.29, 0.717) is 25.4 Å². The summed E-state index contributed by atoms with van der Waals surface area (Å²) in [5.74, 6) is 1.43. The van der Waals surface area contributed by atoms with Gasteiger partial charge in [-0.1, -0.05) is 33.8 Å². The van der Waals surface area contributed by atoms with E-state index in [4.69, 9.17) is 4.74 Å². The zero-order valence-corrected chi connectivity index (χ0v) is 15.2. The molecule has 1 aromatic rings. The second-order valence-electron chi connectivity index (χ2n) is 6.01. The smallest absolute Gasteiger partial charge is 0.133 e. The van der Waals surface area contributed by atoms with Gasteiger partial charge in [0, 0.05) is 6.54 Å². The molecule has 0 saturated carbocycles. The van der Waals surface area contributed by atoms with Crippen LogP contribution in [0.15, 0.2) is 22.7 Å². The van der Waals surface area contributed by atoms with Gasteiger partial charge in [0.05, 0.1) is 10.1 Å². The number of hydrogen-bond donors (Lipinski definition) is 2. The third-order valence-corrected chi connectivity index (χ3v) is 4.31. The molecule has 0 unspecified atom stereocenters. The number of ether oxygens (including phenoxy) is 1. The maximum Gasteiger partial charge on any atom is 0.133 e. The van der Waals surface area contributed by atoms with Crippen LogP contribution in [-0.2, 0) is 6.54 Å². The molecule has 21 heavy (non-hydrogen) atoms. The Hall–Kier alpha value is -0.580. The predicted octanol–water partition coefficient (Wildman–Crippen LogP) is 4.12. The van der Waals surface area contributed by atoms with Gasteiger partial charge in [-0.3, -0.25) is 0 Å². The van der Waals surface area contributed by atoms with Crippen LogP contribution in [0.2, 0.25) is 0 Å². The number of nitrogens with one attached hydrogen (secondary N) is 1. The first kappa shape index (κ1) is 18.5. The van der Waals surface area contributed by atoms with Crippen molar-refractivity contribution < 1.29 is 9.84 Å². The van der Waals surface area contributed by atoms with Gasteiger partial charge in [0.2, 0.25) is 0 Å². The van der Waals surface area contributed by atoms with Crippen LogP contribution < -0.4 is 10.1 Å². The van der Waals surface area contributed by atoms with Gasteiger partial charge in [0.15, 0.2) is 0 Å². The molecule has 0 saturated heterocycles. The third kappa shape index (κ3) is 6.37. The normalized spacial score (nSPS) is 12.0. The lowest BCUT2D eigenvalue weighted by atomic mass is 9.99. The van der Waals surface area contributed by atoms with Crippen LogP contribution in [0.5, 0.6) is 5.75 Å². The summed E-state index contributed by atoms with van der Waals surface area (Å²) in [5.41, 5.74) is 0.479. The monoisotopic (exact) mass is 357 g/mol. The fraction of sp³-hybridized carbons (Fsp3) is 0.647. The molecule has 0 aromatic heterocycles. The number of hydrogen-bond acceptors (Lipinski definition) is 3. The van der Waals surface area contributed by atoms with Gasteiger partial charge in [-0.05, 0) is 58.9 Å². The molecule has 1 rings (SSSR count). The second kappa shape index (κ2) is 8.76. The van der Waals surface area contributed by atoms with Gasteiger partial charge in [-0.2, -0.15) is 0 Å². The quantitative estimate of drug-likeness (QED) is 0.698. The summed E-state index contributed by atoms with van der Waals surface area (Å²) in [6.07, 6.45) is 1.39. The van der Waals surface area contributed by atoms with Crippen molar-refractivity contribution >= 4 is 15.9 Å². The molecule has 0 aliphatic rings. The lowest BCUT2D eigenvalue weighted by Gasteiger charge is -2.25. The van der Waals surface area contributed by atoms with Crippen molar-refractivity contribution in [2.75, 3.05) is 13.2 Å². The first-order valence-electron chi connectivity index (χ1n) is 7.74. The maximum absolute atomic E-state index is 10.3. The molecule has 0 fully saturated rings. The highest BCUT2D eigenvalue weighted by Crippen LogP contribution is 2.27. The lowest BCUT2D eigenvalue weighted by molar-refractivity contribution is -0.0115. The molecule has 120 valence electrons. The minimum Gasteiger partial charge on any atom is -0.489 e. The molecule has 0 aliphatic carbocycles. The minimum atomic E-state index is -0.739. The number of rotatable bonds is 9. The summed E-state index contributed by atoms with van der Waals surface area (Å²) >= 11 is 3.55. The highest BCUT2D eigenvalue weighted by atomic mass is 79.9. The molecule has 0 radical (unpaired) electrons. The Morgan fingerprint density at radius 2 is 1.95 bits per heavy atom. The van der Waals surface area contributed by atoms with E-state index in [9.17, 15) is 5.11 Å². The Kier molecular flexibility index (Phi) is 7.71. The fourth-order valence-corrected chi connectivity index (χ4v) is 2.48. The van der Waals surface area contributed by atoms with Crippen molar-refractivity contribution in [2.24, 2.45) is 5.92 Å².